The van der Waals surface area contributed by atoms with Crippen molar-refractivity contribution in [3.8, 4) is 0 Å². The van der Waals surface area contributed by atoms with Crippen LogP contribution in [0.4, 0.5) is 5.82 Å². The minimum absolute atomic E-state index is 0.000844. The van der Waals surface area contributed by atoms with Crippen molar-refractivity contribution in [2.24, 2.45) is 5.92 Å². The number of nitrogens with zero attached hydrogens (tertiary/aromatic N) is 1. The van der Waals surface area contributed by atoms with Gasteiger partial charge in [-0.3, -0.25) is 0 Å². The molecule has 0 aliphatic carbocycles. The summed E-state index contributed by atoms with van der Waals surface area (Å²) in [6.45, 7) is 3.90. The van der Waals surface area contributed by atoms with E-state index in [1.54, 1.807) is 0 Å². The number of aliphatic hydroxyl groups excluding tert-OH is 2. The largest absolute Gasteiger partial charge is 0.396 e. The number of aliphatic hydroxyl groups is 2. The molecule has 5 nitrogen and oxygen atoms in total. The summed E-state index contributed by atoms with van der Waals surface area (Å²) in [5, 5.41) is 21.6. The number of halogens is 1. The lowest BCUT2D eigenvalue weighted by molar-refractivity contribution is 0.181. The normalized spacial score (nSPS) is 15.7. The second-order valence-electron chi connectivity index (χ2n) is 4.80. The number of H-pyrrole nitrogens is 1. The lowest BCUT2D eigenvalue weighted by atomic mass is 9.98. The van der Waals surface area contributed by atoms with Crippen LogP contribution in [0.1, 0.15) is 19.0 Å². The SMILES string of the molecule is Cc1[nH]c(=S)nc(N[C@@H](C)CC(CO)[C@H](S)CO)c1I. The molecule has 0 aliphatic rings. The van der Waals surface area contributed by atoms with E-state index in [9.17, 15) is 5.11 Å². The molecule has 0 saturated heterocycles. The van der Waals surface area contributed by atoms with Crippen LogP contribution >= 0.6 is 47.4 Å². The molecule has 0 spiro atoms. The van der Waals surface area contributed by atoms with Gasteiger partial charge in [0.05, 0.1) is 10.2 Å². The van der Waals surface area contributed by atoms with Crippen molar-refractivity contribution in [3.05, 3.63) is 14.0 Å². The van der Waals surface area contributed by atoms with Crippen LogP contribution in [0.2, 0.25) is 0 Å². The summed E-state index contributed by atoms with van der Waals surface area (Å²) in [5.74, 6) is 0.679. The topological polar surface area (TPSA) is 81.2 Å². The molecule has 0 bridgehead atoms. The van der Waals surface area contributed by atoms with Crippen molar-refractivity contribution in [1.82, 2.24) is 9.97 Å². The van der Waals surface area contributed by atoms with Gasteiger partial charge >= 0.3 is 0 Å². The molecule has 0 fully saturated rings. The Morgan fingerprint density at radius 3 is 2.65 bits per heavy atom. The molecule has 1 aromatic rings. The minimum atomic E-state index is -0.225. The molecule has 1 unspecified atom stereocenters. The van der Waals surface area contributed by atoms with Gasteiger partial charge in [-0.1, -0.05) is 0 Å². The van der Waals surface area contributed by atoms with Crippen LogP contribution in [0.3, 0.4) is 0 Å². The number of hydrogen-bond acceptors (Lipinski definition) is 6. The number of nitrogens with one attached hydrogen (secondary N) is 2. The highest BCUT2D eigenvalue weighted by molar-refractivity contribution is 14.1. The number of aryl methyl sites for hydroxylation is 1. The summed E-state index contributed by atoms with van der Waals surface area (Å²) in [5.41, 5.74) is 0.974. The third kappa shape index (κ3) is 5.14. The Hall–Kier alpha value is 0.1000. The summed E-state index contributed by atoms with van der Waals surface area (Å²) >= 11 is 11.6. The first-order chi connectivity index (χ1) is 9.38. The summed E-state index contributed by atoms with van der Waals surface area (Å²) in [7, 11) is 0. The van der Waals surface area contributed by atoms with Gasteiger partial charge in [0.15, 0.2) is 4.77 Å². The summed E-state index contributed by atoms with van der Waals surface area (Å²) in [4.78, 5) is 7.28. The second kappa shape index (κ2) is 8.52. The zero-order chi connectivity index (χ0) is 15.3. The third-order valence-corrected chi connectivity index (χ3v) is 5.15. The Morgan fingerprint density at radius 1 is 1.45 bits per heavy atom. The minimum Gasteiger partial charge on any atom is -0.396 e. The fourth-order valence-corrected chi connectivity index (χ4v) is 2.79. The Balaban J connectivity index is 2.76. The Labute approximate surface area is 143 Å². The van der Waals surface area contributed by atoms with E-state index in [0.29, 0.717) is 11.2 Å². The molecule has 20 heavy (non-hydrogen) atoms. The van der Waals surface area contributed by atoms with Gasteiger partial charge in [0.25, 0.3) is 0 Å². The van der Waals surface area contributed by atoms with E-state index in [4.69, 9.17) is 17.3 Å². The molecule has 0 amide bonds. The van der Waals surface area contributed by atoms with Crippen molar-refractivity contribution in [2.75, 3.05) is 18.5 Å². The molecule has 4 N–H and O–H groups in total. The highest BCUT2D eigenvalue weighted by Crippen LogP contribution is 2.21. The molecule has 0 radical (unpaired) electrons. The number of anilines is 1. The van der Waals surface area contributed by atoms with Crippen LogP contribution in [0.25, 0.3) is 0 Å². The van der Waals surface area contributed by atoms with Gasteiger partial charge in [0.2, 0.25) is 0 Å². The number of aromatic amines is 1. The highest BCUT2D eigenvalue weighted by Gasteiger charge is 2.20. The fraction of sp³-hybridized carbons (Fsp3) is 0.667. The lowest BCUT2D eigenvalue weighted by Gasteiger charge is -2.24. The number of hydrogen-bond donors (Lipinski definition) is 5. The van der Waals surface area contributed by atoms with Crippen LogP contribution in [-0.4, -0.2) is 44.7 Å². The predicted octanol–water partition coefficient (Wildman–Crippen LogP) is 2.14. The van der Waals surface area contributed by atoms with E-state index in [2.05, 4.69) is 50.5 Å². The van der Waals surface area contributed by atoms with Crippen molar-refractivity contribution in [3.63, 3.8) is 0 Å². The van der Waals surface area contributed by atoms with Gasteiger partial charge in [-0.15, -0.1) is 0 Å². The molecular weight excluding hydrogens is 409 g/mol. The maximum atomic E-state index is 9.36. The van der Waals surface area contributed by atoms with Gasteiger partial charge < -0.3 is 20.5 Å². The second-order valence-corrected chi connectivity index (χ2v) is 6.93. The standard InChI is InChI=1S/C12H20IN3O2S2/c1-6(3-8(4-17)9(19)5-18)14-11-10(13)7(2)15-12(20)16-11/h6,8-9,17-19H,3-5H2,1-2H3,(H2,14,15,16,20)/t6-,8?,9+/m0/s1. The maximum absolute atomic E-state index is 9.36. The van der Waals surface area contributed by atoms with Crippen LogP contribution in [0.15, 0.2) is 0 Å². The zero-order valence-electron chi connectivity index (χ0n) is 11.4. The van der Waals surface area contributed by atoms with Gasteiger partial charge in [0.1, 0.15) is 5.82 Å². The Kier molecular flexibility index (Phi) is 7.73. The average Bonchev–Trinajstić information content (AvgIpc) is 2.40. The first-order valence-electron chi connectivity index (χ1n) is 6.31. The quantitative estimate of drug-likeness (QED) is 0.261. The van der Waals surface area contributed by atoms with Crippen molar-refractivity contribution in [1.29, 1.82) is 0 Å². The number of aromatic nitrogens is 2. The van der Waals surface area contributed by atoms with Crippen LogP contribution in [-0.2, 0) is 0 Å². The smallest absolute Gasteiger partial charge is 0.199 e. The molecule has 0 aromatic carbocycles. The Morgan fingerprint density at radius 2 is 2.10 bits per heavy atom. The summed E-state index contributed by atoms with van der Waals surface area (Å²) < 4.78 is 1.44. The molecule has 1 aromatic heterocycles. The van der Waals surface area contributed by atoms with Crippen LogP contribution in [0.5, 0.6) is 0 Å². The average molecular weight is 429 g/mol. The van der Waals surface area contributed by atoms with Gasteiger partial charge in [-0.2, -0.15) is 12.6 Å². The Bertz CT molecular complexity index is 498. The third-order valence-electron chi connectivity index (χ3n) is 3.05. The molecule has 0 aliphatic heterocycles. The molecule has 114 valence electrons. The predicted molar refractivity (Wildman–Crippen MR) is 95.0 cm³/mol. The van der Waals surface area contributed by atoms with Crippen molar-refractivity contribution >= 4 is 53.3 Å². The molecule has 0 saturated carbocycles. The van der Waals surface area contributed by atoms with E-state index >= 15 is 0 Å². The number of rotatable bonds is 7. The van der Waals surface area contributed by atoms with Gasteiger partial charge in [-0.05, 0) is 61.0 Å². The summed E-state index contributed by atoms with van der Waals surface area (Å²) in [6.07, 6.45) is 0.688. The van der Waals surface area contributed by atoms with E-state index in [1.807, 2.05) is 13.8 Å². The van der Waals surface area contributed by atoms with Crippen molar-refractivity contribution in [2.45, 2.75) is 31.6 Å². The maximum Gasteiger partial charge on any atom is 0.199 e. The molecule has 1 rings (SSSR count). The molecule has 8 heteroatoms. The first kappa shape index (κ1) is 18.1. The van der Waals surface area contributed by atoms with Crippen molar-refractivity contribution < 1.29 is 10.2 Å². The van der Waals surface area contributed by atoms with Crippen LogP contribution < -0.4 is 5.32 Å². The lowest BCUT2D eigenvalue weighted by Crippen LogP contribution is -2.29. The van der Waals surface area contributed by atoms with E-state index in [1.165, 1.54) is 0 Å². The molecule has 1 heterocycles. The zero-order valence-corrected chi connectivity index (χ0v) is 15.3. The fourth-order valence-electron chi connectivity index (χ4n) is 1.92. The molecule has 3 atom stereocenters. The van der Waals surface area contributed by atoms with Gasteiger partial charge in [0, 0.05) is 23.6 Å². The van der Waals surface area contributed by atoms with E-state index in [0.717, 1.165) is 15.1 Å². The van der Waals surface area contributed by atoms with Crippen LogP contribution in [0, 0.1) is 21.2 Å². The number of thiol groups is 1. The summed E-state index contributed by atoms with van der Waals surface area (Å²) in [6, 6.07) is 0.0885. The first-order valence-corrected chi connectivity index (χ1v) is 8.32. The molecular formula is C12H20IN3O2S2. The van der Waals surface area contributed by atoms with Gasteiger partial charge in [-0.25, -0.2) is 4.98 Å². The van der Waals surface area contributed by atoms with E-state index in [-0.39, 0.29) is 30.4 Å². The highest BCUT2D eigenvalue weighted by atomic mass is 127. The monoisotopic (exact) mass is 429 g/mol. The van der Waals surface area contributed by atoms with E-state index < -0.39 is 0 Å².